The van der Waals surface area contributed by atoms with Crippen molar-refractivity contribution in [3.8, 4) is 0 Å². The first-order valence-corrected chi connectivity index (χ1v) is 27.3. The Morgan fingerprint density at radius 2 is 0.158 bits per heavy atom. The van der Waals surface area contributed by atoms with Crippen LogP contribution in [-0.2, 0) is 0 Å². The molecule has 1 heteroatoms. The molecule has 2 N–H and O–H groups in total. The van der Waals surface area contributed by atoms with Crippen molar-refractivity contribution in [2.24, 2.45) is 0 Å². The zero-order valence-electron chi connectivity index (χ0n) is 44.8. The molecule has 0 aliphatic rings. The van der Waals surface area contributed by atoms with Crippen LogP contribution in [0.1, 0.15) is 368 Å². The largest absolute Gasteiger partial charge is 0.412 e. The van der Waals surface area contributed by atoms with Gasteiger partial charge in [0.2, 0.25) is 0 Å². The third kappa shape index (κ3) is 160. The standard InChI is InChI=1S/8C7H16.H2O/c8*1-3-5-7-6-4-2;/h8*3-7H2,1-2H3;1H2. The average Bonchev–Trinajstić information content (AvgIpc) is 3.21. The molecule has 0 heterocycles. The van der Waals surface area contributed by atoms with Gasteiger partial charge in [-0.05, 0) is 0 Å². The fraction of sp³-hybridized carbons (Fsp3) is 1.00. The summed E-state index contributed by atoms with van der Waals surface area (Å²) in [5.74, 6) is 0. The fourth-order valence-corrected chi connectivity index (χ4v) is 5.41. The van der Waals surface area contributed by atoms with Crippen LogP contribution in [0.2, 0.25) is 0 Å². The van der Waals surface area contributed by atoms with Crippen molar-refractivity contribution >= 4 is 0 Å². The number of unbranched alkanes of at least 4 members (excludes halogenated alkanes) is 32. The van der Waals surface area contributed by atoms with Gasteiger partial charge in [-0.25, -0.2) is 0 Å². The molecule has 0 bridgehead atoms. The quantitative estimate of drug-likeness (QED) is 0.0606. The van der Waals surface area contributed by atoms with Gasteiger partial charge in [0.05, 0.1) is 0 Å². The molecular weight excluding hydrogens is 689 g/mol. The molecule has 0 aromatic carbocycles. The van der Waals surface area contributed by atoms with Crippen molar-refractivity contribution in [2.45, 2.75) is 368 Å². The van der Waals surface area contributed by atoms with Crippen molar-refractivity contribution in [3.63, 3.8) is 0 Å². The minimum absolute atomic E-state index is 0. The van der Waals surface area contributed by atoms with Gasteiger partial charge in [-0.2, -0.15) is 0 Å². The van der Waals surface area contributed by atoms with Crippen LogP contribution in [0.3, 0.4) is 0 Å². The topological polar surface area (TPSA) is 31.5 Å². The van der Waals surface area contributed by atoms with E-state index in [4.69, 9.17) is 0 Å². The summed E-state index contributed by atoms with van der Waals surface area (Å²) in [6.07, 6.45) is 56.1. The van der Waals surface area contributed by atoms with E-state index in [0.29, 0.717) is 0 Å². The number of rotatable bonds is 32. The summed E-state index contributed by atoms with van der Waals surface area (Å²) in [6.45, 7) is 35.9. The van der Waals surface area contributed by atoms with E-state index < -0.39 is 0 Å². The first-order valence-electron chi connectivity index (χ1n) is 27.3. The predicted octanol–water partition coefficient (Wildman–Crippen LogP) is 23.0. The Labute approximate surface area is 371 Å². The van der Waals surface area contributed by atoms with Crippen molar-refractivity contribution < 1.29 is 5.48 Å². The van der Waals surface area contributed by atoms with Crippen LogP contribution in [0, 0.1) is 0 Å². The fourth-order valence-electron chi connectivity index (χ4n) is 5.41. The van der Waals surface area contributed by atoms with Gasteiger partial charge in [0.25, 0.3) is 0 Å². The maximum atomic E-state index is 2.25. The number of hydrogen-bond donors (Lipinski definition) is 0. The number of hydrogen-bond acceptors (Lipinski definition) is 0. The smallest absolute Gasteiger partial charge is 0.0533 e. The average molecular weight is 820 g/mol. The molecule has 0 saturated carbocycles. The van der Waals surface area contributed by atoms with E-state index >= 15 is 0 Å². The minimum Gasteiger partial charge on any atom is -0.412 e. The van der Waals surface area contributed by atoms with Crippen molar-refractivity contribution in [1.82, 2.24) is 0 Å². The summed E-state index contributed by atoms with van der Waals surface area (Å²) in [4.78, 5) is 0. The van der Waals surface area contributed by atoms with E-state index in [9.17, 15) is 0 Å². The second-order valence-electron chi connectivity index (χ2n) is 16.5. The van der Waals surface area contributed by atoms with Crippen LogP contribution >= 0.6 is 0 Å². The van der Waals surface area contributed by atoms with E-state index in [0.717, 1.165) is 0 Å². The summed E-state index contributed by atoms with van der Waals surface area (Å²) in [6, 6.07) is 0. The third-order valence-electron chi connectivity index (χ3n) is 9.66. The molecule has 0 saturated heterocycles. The summed E-state index contributed by atoms with van der Waals surface area (Å²) in [7, 11) is 0. The second-order valence-corrected chi connectivity index (χ2v) is 16.5. The molecule has 360 valence electrons. The molecule has 0 fully saturated rings. The zero-order valence-corrected chi connectivity index (χ0v) is 44.8. The molecule has 0 aliphatic heterocycles. The van der Waals surface area contributed by atoms with Crippen LogP contribution in [0.4, 0.5) is 0 Å². The zero-order chi connectivity index (χ0) is 44.3. The lowest BCUT2D eigenvalue weighted by Crippen LogP contribution is -1.70. The second kappa shape index (κ2) is 106. The van der Waals surface area contributed by atoms with Gasteiger partial charge in [0.15, 0.2) is 0 Å². The lowest BCUT2D eigenvalue weighted by molar-refractivity contribution is 0.656. The SMILES string of the molecule is CCCCCCC.CCCCCCC.CCCCCCC.CCCCCCC.CCCCCCC.CCCCCCC.CCCCCCC.CCCCCCC.O. The normalized spacial score (nSPS) is 9.26. The highest BCUT2D eigenvalue weighted by Gasteiger charge is 1.84. The summed E-state index contributed by atoms with van der Waals surface area (Å²) < 4.78 is 0. The molecule has 0 radical (unpaired) electrons. The van der Waals surface area contributed by atoms with Crippen molar-refractivity contribution in [3.05, 3.63) is 0 Å². The Morgan fingerprint density at radius 1 is 0.105 bits per heavy atom. The van der Waals surface area contributed by atoms with Gasteiger partial charge >= 0.3 is 0 Å². The Morgan fingerprint density at radius 3 is 0.193 bits per heavy atom. The Hall–Kier alpha value is -0.0400. The van der Waals surface area contributed by atoms with Gasteiger partial charge < -0.3 is 5.48 Å². The van der Waals surface area contributed by atoms with Crippen LogP contribution in [-0.4, -0.2) is 5.48 Å². The summed E-state index contributed by atoms with van der Waals surface area (Å²) in [5.41, 5.74) is 0. The molecule has 0 unspecified atom stereocenters. The Bertz CT molecular complexity index is 281. The van der Waals surface area contributed by atoms with Crippen LogP contribution in [0.5, 0.6) is 0 Å². The molecule has 0 atom stereocenters. The molecule has 1 nitrogen and oxygen atoms in total. The van der Waals surface area contributed by atoms with Gasteiger partial charge in [-0.1, -0.05) is 368 Å². The highest BCUT2D eigenvalue weighted by Crippen LogP contribution is 2.04. The molecule has 0 aromatic heterocycles. The van der Waals surface area contributed by atoms with Crippen molar-refractivity contribution in [2.75, 3.05) is 0 Å². The Balaban J connectivity index is -0.0000000658. The lowest BCUT2D eigenvalue weighted by Gasteiger charge is -1.90. The van der Waals surface area contributed by atoms with Crippen LogP contribution in [0.25, 0.3) is 0 Å². The monoisotopic (exact) mass is 819 g/mol. The lowest BCUT2D eigenvalue weighted by atomic mass is 10.2. The highest BCUT2D eigenvalue weighted by molar-refractivity contribution is 4.40. The molecule has 0 aliphatic carbocycles. The minimum atomic E-state index is 0. The van der Waals surface area contributed by atoms with E-state index in [-0.39, 0.29) is 5.48 Å². The van der Waals surface area contributed by atoms with E-state index in [1.165, 1.54) is 257 Å². The molecule has 0 rings (SSSR count). The maximum Gasteiger partial charge on any atom is -0.0533 e. The molecule has 0 aromatic rings. The van der Waals surface area contributed by atoms with E-state index in [1.807, 2.05) is 0 Å². The first kappa shape index (κ1) is 77.5. The van der Waals surface area contributed by atoms with E-state index in [2.05, 4.69) is 111 Å². The molecule has 0 amide bonds. The van der Waals surface area contributed by atoms with Crippen LogP contribution < -0.4 is 0 Å². The Kier molecular flexibility index (Phi) is 144. The van der Waals surface area contributed by atoms with Gasteiger partial charge in [-0.15, -0.1) is 0 Å². The van der Waals surface area contributed by atoms with Crippen LogP contribution in [0.15, 0.2) is 0 Å². The molecule has 57 heavy (non-hydrogen) atoms. The van der Waals surface area contributed by atoms with Crippen molar-refractivity contribution in [1.29, 1.82) is 0 Å². The van der Waals surface area contributed by atoms with E-state index in [1.54, 1.807) is 0 Å². The molecular formula is C56H130O. The third-order valence-corrected chi connectivity index (χ3v) is 9.66. The van der Waals surface area contributed by atoms with Gasteiger partial charge in [0.1, 0.15) is 0 Å². The maximum absolute atomic E-state index is 2.25. The summed E-state index contributed by atoms with van der Waals surface area (Å²) >= 11 is 0. The summed E-state index contributed by atoms with van der Waals surface area (Å²) in [5, 5.41) is 0. The van der Waals surface area contributed by atoms with Gasteiger partial charge in [-0.3, -0.25) is 0 Å². The van der Waals surface area contributed by atoms with Gasteiger partial charge in [0, 0.05) is 0 Å². The predicted molar refractivity (Wildman–Crippen MR) is 279 cm³/mol. The molecule has 0 spiro atoms. The first-order chi connectivity index (χ1) is 27.3. The highest BCUT2D eigenvalue weighted by atomic mass is 16.0.